The average Bonchev–Trinajstić information content (AvgIpc) is 4.22. The number of nitrogens with zero attached hydrogens (tertiary/aromatic N) is 1. The Morgan fingerprint density at radius 1 is 0.250 bits per heavy atom. The van der Waals surface area contributed by atoms with Crippen LogP contribution < -0.4 is 4.90 Å². The second-order valence-electron chi connectivity index (χ2n) is 22.4. The van der Waals surface area contributed by atoms with Crippen LogP contribution in [-0.4, -0.2) is 0 Å². The molecule has 360 valence electrons. The Morgan fingerprint density at radius 2 is 0.658 bits per heavy atom. The molecule has 0 amide bonds. The van der Waals surface area contributed by atoms with Gasteiger partial charge in [-0.05, 0) is 176 Å². The van der Waals surface area contributed by atoms with Crippen molar-refractivity contribution < 1.29 is 0 Å². The molecule has 0 N–H and O–H groups in total. The Hall–Kier alpha value is -9.04. The molecule has 0 unspecified atom stereocenters. The second kappa shape index (κ2) is 16.5. The first-order valence-corrected chi connectivity index (χ1v) is 26.9. The maximum Gasteiger partial charge on any atom is 0.0714 e. The summed E-state index contributed by atoms with van der Waals surface area (Å²) in [6, 6.07) is 98.5. The van der Waals surface area contributed by atoms with E-state index in [-0.39, 0.29) is 10.8 Å². The quantitative estimate of drug-likeness (QED) is 0.154. The Kier molecular flexibility index (Phi) is 9.64. The summed E-state index contributed by atoms with van der Waals surface area (Å²) in [5, 5.41) is 5.07. The van der Waals surface area contributed by atoms with Gasteiger partial charge in [-0.3, -0.25) is 0 Å². The van der Waals surface area contributed by atoms with Crippen molar-refractivity contribution in [3.8, 4) is 55.6 Å². The van der Waals surface area contributed by atoms with E-state index in [0.29, 0.717) is 0 Å². The van der Waals surface area contributed by atoms with Gasteiger partial charge in [-0.2, -0.15) is 0 Å². The number of fused-ring (bicyclic) bond motifs is 11. The van der Waals surface area contributed by atoms with Gasteiger partial charge in [-0.15, -0.1) is 0 Å². The van der Waals surface area contributed by atoms with E-state index in [1.54, 1.807) is 0 Å². The Labute approximate surface area is 446 Å². The molecule has 1 heteroatoms. The molecule has 15 rings (SSSR count). The molecule has 3 aliphatic rings. The van der Waals surface area contributed by atoms with Gasteiger partial charge in [-0.1, -0.05) is 234 Å². The maximum atomic E-state index is 2.55. The number of rotatable bonds is 7. The molecule has 0 heterocycles. The van der Waals surface area contributed by atoms with Crippen LogP contribution in [0.3, 0.4) is 0 Å². The SMILES string of the molecule is CC1(C)c2cc(-c3ccc4ccccc4c3)ccc2-c2ccc(N(c3ccc4c(c3)C(C)(C)c3cc(-c5cccc6ccccc56)ccc3-4)c3ccc4c(c3)C(c3ccccc3)(c3ccccc3)c3ccccc3-4)cc21. The molecule has 0 fully saturated rings. The van der Waals surface area contributed by atoms with Crippen LogP contribution in [0, 0.1) is 0 Å². The topological polar surface area (TPSA) is 3.24 Å². The van der Waals surface area contributed by atoms with Gasteiger partial charge < -0.3 is 4.90 Å². The van der Waals surface area contributed by atoms with E-state index in [0.717, 1.165) is 17.1 Å². The minimum absolute atomic E-state index is 0.252. The van der Waals surface area contributed by atoms with Gasteiger partial charge in [0.2, 0.25) is 0 Å². The van der Waals surface area contributed by atoms with Crippen LogP contribution in [0.1, 0.15) is 72.2 Å². The third-order valence-electron chi connectivity index (χ3n) is 17.7. The van der Waals surface area contributed by atoms with E-state index < -0.39 is 5.41 Å². The normalized spacial score (nSPS) is 14.6. The van der Waals surface area contributed by atoms with Crippen LogP contribution in [0.4, 0.5) is 17.1 Å². The van der Waals surface area contributed by atoms with Crippen molar-refractivity contribution in [2.75, 3.05) is 4.90 Å². The van der Waals surface area contributed by atoms with Gasteiger partial charge in [0.1, 0.15) is 0 Å². The highest BCUT2D eigenvalue weighted by Gasteiger charge is 2.47. The lowest BCUT2D eigenvalue weighted by Crippen LogP contribution is -2.28. The summed E-state index contributed by atoms with van der Waals surface area (Å²) in [4.78, 5) is 2.55. The highest BCUT2D eigenvalue weighted by atomic mass is 15.1. The number of benzene rings is 12. The van der Waals surface area contributed by atoms with E-state index in [4.69, 9.17) is 0 Å². The number of anilines is 3. The van der Waals surface area contributed by atoms with E-state index in [1.165, 1.54) is 122 Å². The first-order valence-electron chi connectivity index (χ1n) is 26.9. The van der Waals surface area contributed by atoms with Crippen LogP contribution in [0.25, 0.3) is 77.2 Å². The second-order valence-corrected chi connectivity index (χ2v) is 22.4. The fraction of sp³-hybridized carbons (Fsp3) is 0.0933. The molecule has 0 atom stereocenters. The third-order valence-corrected chi connectivity index (χ3v) is 17.7. The molecule has 12 aromatic rings. The fourth-order valence-electron chi connectivity index (χ4n) is 13.9. The standard InChI is InChI=1S/C75H55N/c1-73(2)68-43-52(51-31-30-48-18-11-12-20-50(48)42-51)32-37-62(68)64-39-34-56(45-70(64)73)76(57-35-40-65-63-38-33-53(44-69(63)74(3,4)71(65)46-57)60-28-17-21-49-19-13-14-26-59(49)60)58-36-41-66-61-27-15-16-29-67(61)75(72(66)47-58,54-22-7-5-8-23-54)55-24-9-6-10-25-55/h5-47H,1-4H3. The van der Waals surface area contributed by atoms with Crippen molar-refractivity contribution in [2.24, 2.45) is 0 Å². The molecule has 3 aliphatic carbocycles. The summed E-state index contributed by atoms with van der Waals surface area (Å²) in [6.45, 7) is 9.66. The van der Waals surface area contributed by atoms with E-state index in [2.05, 4.69) is 293 Å². The summed E-state index contributed by atoms with van der Waals surface area (Å²) >= 11 is 0. The zero-order valence-corrected chi connectivity index (χ0v) is 43.3. The lowest BCUT2D eigenvalue weighted by Gasteiger charge is -2.35. The van der Waals surface area contributed by atoms with Gasteiger partial charge >= 0.3 is 0 Å². The summed E-state index contributed by atoms with van der Waals surface area (Å²) in [5.41, 5.74) is 25.7. The minimum atomic E-state index is -0.538. The third kappa shape index (κ3) is 6.39. The molecular formula is C75H55N. The molecular weight excluding hydrogens is 915 g/mol. The van der Waals surface area contributed by atoms with Gasteiger partial charge in [0.25, 0.3) is 0 Å². The van der Waals surface area contributed by atoms with Crippen LogP contribution >= 0.6 is 0 Å². The molecule has 0 aromatic heterocycles. The first kappa shape index (κ1) is 44.4. The van der Waals surface area contributed by atoms with Crippen LogP contribution in [-0.2, 0) is 16.2 Å². The maximum absolute atomic E-state index is 2.55. The van der Waals surface area contributed by atoms with Crippen molar-refractivity contribution >= 4 is 38.6 Å². The number of hydrogen-bond acceptors (Lipinski definition) is 1. The molecule has 0 saturated heterocycles. The lowest BCUT2D eigenvalue weighted by molar-refractivity contribution is 0.660. The molecule has 0 bridgehead atoms. The van der Waals surface area contributed by atoms with Crippen molar-refractivity contribution in [2.45, 2.75) is 43.9 Å². The predicted molar refractivity (Wildman–Crippen MR) is 319 cm³/mol. The summed E-state index contributed by atoms with van der Waals surface area (Å²) in [6.07, 6.45) is 0. The molecule has 0 spiro atoms. The Morgan fingerprint density at radius 3 is 1.29 bits per heavy atom. The largest absolute Gasteiger partial charge is 0.310 e. The molecule has 0 saturated carbocycles. The average molecular weight is 970 g/mol. The summed E-state index contributed by atoms with van der Waals surface area (Å²) in [7, 11) is 0. The zero-order chi connectivity index (χ0) is 50.9. The van der Waals surface area contributed by atoms with E-state index in [9.17, 15) is 0 Å². The Balaban J connectivity index is 0.912. The highest BCUT2D eigenvalue weighted by Crippen LogP contribution is 2.59. The first-order chi connectivity index (χ1) is 37.2. The van der Waals surface area contributed by atoms with Crippen molar-refractivity contribution in [3.05, 3.63) is 305 Å². The fourth-order valence-corrected chi connectivity index (χ4v) is 13.9. The Bertz CT molecular complexity index is 4300. The molecule has 12 aromatic carbocycles. The van der Waals surface area contributed by atoms with Gasteiger partial charge in [-0.25, -0.2) is 0 Å². The smallest absolute Gasteiger partial charge is 0.0714 e. The van der Waals surface area contributed by atoms with Gasteiger partial charge in [0, 0.05) is 27.9 Å². The van der Waals surface area contributed by atoms with Crippen molar-refractivity contribution in [1.29, 1.82) is 0 Å². The minimum Gasteiger partial charge on any atom is -0.310 e. The van der Waals surface area contributed by atoms with Gasteiger partial charge in [0.15, 0.2) is 0 Å². The van der Waals surface area contributed by atoms with Gasteiger partial charge in [0.05, 0.1) is 5.41 Å². The van der Waals surface area contributed by atoms with Crippen LogP contribution in [0.5, 0.6) is 0 Å². The van der Waals surface area contributed by atoms with E-state index in [1.807, 2.05) is 0 Å². The predicted octanol–water partition coefficient (Wildman–Crippen LogP) is 19.8. The summed E-state index contributed by atoms with van der Waals surface area (Å²) in [5.74, 6) is 0. The van der Waals surface area contributed by atoms with Crippen LogP contribution in [0.15, 0.2) is 261 Å². The zero-order valence-electron chi connectivity index (χ0n) is 43.3. The monoisotopic (exact) mass is 969 g/mol. The van der Waals surface area contributed by atoms with Crippen LogP contribution in [0.2, 0.25) is 0 Å². The lowest BCUT2D eigenvalue weighted by atomic mass is 9.67. The number of hydrogen-bond donors (Lipinski definition) is 0. The molecule has 1 nitrogen and oxygen atoms in total. The van der Waals surface area contributed by atoms with E-state index >= 15 is 0 Å². The van der Waals surface area contributed by atoms with Crippen molar-refractivity contribution in [3.63, 3.8) is 0 Å². The molecule has 0 aliphatic heterocycles. The molecule has 0 radical (unpaired) electrons. The highest BCUT2D eigenvalue weighted by molar-refractivity contribution is 5.99. The van der Waals surface area contributed by atoms with Crippen molar-refractivity contribution in [1.82, 2.24) is 0 Å². The summed E-state index contributed by atoms with van der Waals surface area (Å²) < 4.78 is 0. The molecule has 76 heavy (non-hydrogen) atoms.